The highest BCUT2D eigenvalue weighted by Crippen LogP contribution is 2.51. The molecular weight excluding hydrogens is 548 g/mol. The van der Waals surface area contributed by atoms with Crippen LogP contribution in [0.3, 0.4) is 0 Å². The van der Waals surface area contributed by atoms with Crippen molar-refractivity contribution in [1.29, 1.82) is 0 Å². The molecular formula is C33H54N4O4S. The second-order valence-electron chi connectivity index (χ2n) is 14.7. The van der Waals surface area contributed by atoms with Crippen molar-refractivity contribution in [3.05, 3.63) is 34.9 Å². The average molecular weight is 603 g/mol. The minimum atomic E-state index is -3.52. The van der Waals surface area contributed by atoms with Gasteiger partial charge in [-0.25, -0.2) is 8.42 Å². The summed E-state index contributed by atoms with van der Waals surface area (Å²) in [6.45, 7) is 12.4. The molecule has 1 aromatic carbocycles. The van der Waals surface area contributed by atoms with Gasteiger partial charge in [0.15, 0.2) is 0 Å². The number of nitrogens with zero attached hydrogens (tertiary/aromatic N) is 1. The van der Waals surface area contributed by atoms with Gasteiger partial charge in [0.05, 0.1) is 11.9 Å². The van der Waals surface area contributed by atoms with Gasteiger partial charge in [-0.15, -0.1) is 0 Å². The molecule has 1 spiro atoms. The normalized spacial score (nSPS) is 36.0. The zero-order valence-electron chi connectivity index (χ0n) is 26.2. The van der Waals surface area contributed by atoms with Gasteiger partial charge < -0.3 is 9.47 Å². The molecule has 8 nitrogen and oxygen atoms in total. The quantitative estimate of drug-likeness (QED) is 0.459. The summed E-state index contributed by atoms with van der Waals surface area (Å²) in [5.41, 5.74) is 4.13. The first-order valence-corrected chi connectivity index (χ1v) is 18.2. The maximum absolute atomic E-state index is 13.8. The second kappa shape index (κ2) is 12.7. The Morgan fingerprint density at radius 3 is 2.50 bits per heavy atom. The molecule has 2 aliphatic carbocycles. The van der Waals surface area contributed by atoms with E-state index in [0.717, 1.165) is 58.3 Å². The van der Waals surface area contributed by atoms with E-state index in [1.807, 2.05) is 0 Å². The van der Waals surface area contributed by atoms with E-state index >= 15 is 0 Å². The van der Waals surface area contributed by atoms with Gasteiger partial charge in [0, 0.05) is 44.3 Å². The average Bonchev–Trinajstić information content (AvgIpc) is 2.93. The van der Waals surface area contributed by atoms with Crippen molar-refractivity contribution >= 4 is 10.0 Å². The molecule has 3 heterocycles. The molecule has 3 saturated heterocycles. The molecule has 6 rings (SSSR count). The van der Waals surface area contributed by atoms with Gasteiger partial charge in [-0.2, -0.15) is 4.72 Å². The number of hydrogen-bond donors (Lipinski definition) is 3. The molecule has 1 aromatic rings. The van der Waals surface area contributed by atoms with Crippen molar-refractivity contribution in [2.45, 2.75) is 128 Å². The SMILES string of the molecule is Cc1cccc(C)c1C1CC2NC(N1)NS(=O)(=O)C1CCCC(C1)CN(C1CC3(CCOCC3)C1)[C@H](CC(C)C)CO2. The van der Waals surface area contributed by atoms with Crippen LogP contribution in [0.15, 0.2) is 18.2 Å². The molecule has 0 aromatic heterocycles. The molecule has 3 N–H and O–H groups in total. The fourth-order valence-electron chi connectivity index (χ4n) is 8.85. The zero-order valence-corrected chi connectivity index (χ0v) is 27.1. The number of rotatable bonds is 4. The zero-order chi connectivity index (χ0) is 29.5. The summed E-state index contributed by atoms with van der Waals surface area (Å²) in [5.74, 6) is 0.954. The van der Waals surface area contributed by atoms with Gasteiger partial charge in [0.1, 0.15) is 12.5 Å². The Morgan fingerprint density at radius 1 is 1.05 bits per heavy atom. The molecule has 3 aliphatic heterocycles. The van der Waals surface area contributed by atoms with Gasteiger partial charge in [0.2, 0.25) is 10.0 Å². The number of hydrogen-bond acceptors (Lipinski definition) is 7. The lowest BCUT2D eigenvalue weighted by molar-refractivity contribution is -0.109. The molecule has 42 heavy (non-hydrogen) atoms. The van der Waals surface area contributed by atoms with Gasteiger partial charge in [-0.3, -0.25) is 15.5 Å². The summed E-state index contributed by atoms with van der Waals surface area (Å²) in [5, 5.41) is 6.74. The molecule has 5 aliphatic rings. The maximum atomic E-state index is 13.8. The maximum Gasteiger partial charge on any atom is 0.216 e. The van der Waals surface area contributed by atoms with Crippen LogP contribution in [0.5, 0.6) is 0 Å². The molecule has 9 heteroatoms. The molecule has 5 fully saturated rings. The predicted molar refractivity (Wildman–Crippen MR) is 166 cm³/mol. The first-order valence-electron chi connectivity index (χ1n) is 16.7. The highest BCUT2D eigenvalue weighted by atomic mass is 32.2. The summed E-state index contributed by atoms with van der Waals surface area (Å²) in [4.78, 5) is 2.78. The summed E-state index contributed by atoms with van der Waals surface area (Å²) < 4.78 is 43.2. The largest absolute Gasteiger partial charge is 0.381 e. The van der Waals surface area contributed by atoms with E-state index in [0.29, 0.717) is 35.9 Å². The first-order chi connectivity index (χ1) is 20.1. The third-order valence-electron chi connectivity index (χ3n) is 11.0. The van der Waals surface area contributed by atoms with Crippen LogP contribution >= 0.6 is 0 Å². The summed E-state index contributed by atoms with van der Waals surface area (Å²) >= 11 is 0. The van der Waals surface area contributed by atoms with E-state index in [2.05, 4.69) is 66.1 Å². The molecule has 4 bridgehead atoms. The van der Waals surface area contributed by atoms with Crippen LogP contribution in [0.1, 0.15) is 101 Å². The minimum absolute atomic E-state index is 0.00551. The molecule has 0 radical (unpaired) electrons. The van der Waals surface area contributed by atoms with Crippen molar-refractivity contribution in [1.82, 2.24) is 20.3 Å². The van der Waals surface area contributed by atoms with Crippen LogP contribution in [-0.4, -0.2) is 69.5 Å². The Balaban J connectivity index is 1.30. The molecule has 2 saturated carbocycles. The van der Waals surface area contributed by atoms with E-state index in [-0.39, 0.29) is 17.5 Å². The summed E-state index contributed by atoms with van der Waals surface area (Å²) in [6, 6.07) is 7.25. The monoisotopic (exact) mass is 602 g/mol. The van der Waals surface area contributed by atoms with Crippen molar-refractivity contribution in [2.75, 3.05) is 26.4 Å². The van der Waals surface area contributed by atoms with Gasteiger partial charge >= 0.3 is 0 Å². The van der Waals surface area contributed by atoms with Gasteiger partial charge in [-0.1, -0.05) is 38.5 Å². The highest BCUT2D eigenvalue weighted by Gasteiger charge is 2.49. The topological polar surface area (TPSA) is 91.9 Å². The minimum Gasteiger partial charge on any atom is -0.381 e. The predicted octanol–water partition coefficient (Wildman–Crippen LogP) is 4.72. The van der Waals surface area contributed by atoms with Crippen LogP contribution in [0.4, 0.5) is 0 Å². The van der Waals surface area contributed by atoms with Crippen LogP contribution in [0.2, 0.25) is 0 Å². The smallest absolute Gasteiger partial charge is 0.216 e. The number of nitrogens with one attached hydrogen (secondary N) is 3. The van der Waals surface area contributed by atoms with Crippen molar-refractivity contribution < 1.29 is 17.9 Å². The van der Waals surface area contributed by atoms with E-state index in [1.54, 1.807) is 0 Å². The second-order valence-corrected chi connectivity index (χ2v) is 16.6. The summed E-state index contributed by atoms with van der Waals surface area (Å²) in [6.07, 6.45) is 9.42. The van der Waals surface area contributed by atoms with Crippen LogP contribution in [0, 0.1) is 31.1 Å². The number of ether oxygens (including phenoxy) is 2. The lowest BCUT2D eigenvalue weighted by atomic mass is 9.60. The Hall–Kier alpha value is -1.07. The number of benzene rings is 1. The van der Waals surface area contributed by atoms with Crippen molar-refractivity contribution in [2.24, 2.45) is 17.3 Å². The lowest BCUT2D eigenvalue weighted by Gasteiger charge is -2.56. The van der Waals surface area contributed by atoms with Crippen LogP contribution in [-0.2, 0) is 19.5 Å². The van der Waals surface area contributed by atoms with Crippen molar-refractivity contribution in [3.8, 4) is 0 Å². The first kappa shape index (κ1) is 30.9. The Labute approximate surface area is 254 Å². The Morgan fingerprint density at radius 2 is 1.79 bits per heavy atom. The third-order valence-corrected chi connectivity index (χ3v) is 12.9. The van der Waals surface area contributed by atoms with E-state index in [4.69, 9.17) is 9.47 Å². The summed E-state index contributed by atoms with van der Waals surface area (Å²) in [7, 11) is -3.52. The molecule has 236 valence electrons. The Kier molecular flexibility index (Phi) is 9.38. The van der Waals surface area contributed by atoms with Crippen LogP contribution in [0.25, 0.3) is 0 Å². The number of sulfonamides is 1. The van der Waals surface area contributed by atoms with E-state index in [1.165, 1.54) is 42.4 Å². The molecule has 5 unspecified atom stereocenters. The molecule has 6 atom stereocenters. The van der Waals surface area contributed by atoms with Crippen LogP contribution < -0.4 is 15.4 Å². The fraction of sp³-hybridized carbons (Fsp3) is 0.818. The van der Waals surface area contributed by atoms with Crippen molar-refractivity contribution in [3.63, 3.8) is 0 Å². The number of fused-ring (bicyclic) bond motifs is 4. The fourth-order valence-corrected chi connectivity index (χ4v) is 10.5. The van der Waals surface area contributed by atoms with E-state index in [9.17, 15) is 8.42 Å². The highest BCUT2D eigenvalue weighted by molar-refractivity contribution is 7.90. The standard InChI is InChI=1S/C33H54N4O4S/c1-22(2)15-26-21-41-30-17-29(31-23(3)7-5-8-24(31)4)34-32(35-30)36-42(38,39)28-10-6-9-25(16-28)20-37(26)27-18-33(19-27)11-13-40-14-12-33/h5,7-8,22,25-30,32,34-36H,6,9-21H2,1-4H3/t25?,26-,28?,29?,30?,32?/m1/s1. The Bertz CT molecular complexity index is 1160. The lowest BCUT2D eigenvalue weighted by Crippen LogP contribution is -2.64. The van der Waals surface area contributed by atoms with E-state index < -0.39 is 16.3 Å². The number of aryl methyl sites for hydroxylation is 2. The van der Waals surface area contributed by atoms with Gasteiger partial charge in [0.25, 0.3) is 0 Å². The van der Waals surface area contributed by atoms with Gasteiger partial charge in [-0.05, 0) is 99.2 Å². The molecule has 0 amide bonds. The third kappa shape index (κ3) is 6.77.